The van der Waals surface area contributed by atoms with Crippen LogP contribution in [0.15, 0.2) is 36.5 Å². The summed E-state index contributed by atoms with van der Waals surface area (Å²) in [5.41, 5.74) is 0. The van der Waals surface area contributed by atoms with Crippen LogP contribution in [0.4, 0.5) is 0 Å². The van der Waals surface area contributed by atoms with Crippen molar-refractivity contribution in [3.05, 3.63) is 36.5 Å². The molecule has 2 atom stereocenters. The molecule has 0 aromatic carbocycles. The molecular formula is C40H72O6. The molecule has 0 rings (SSSR count). The number of esters is 2. The monoisotopic (exact) mass is 649 g/mol. The van der Waals surface area contributed by atoms with Gasteiger partial charge in [-0.3, -0.25) is 9.59 Å². The first kappa shape index (κ1) is 44.1. The van der Waals surface area contributed by atoms with Gasteiger partial charge in [0.05, 0.1) is 12.7 Å². The smallest absolute Gasteiger partial charge is 0.306 e. The highest BCUT2D eigenvalue weighted by atomic mass is 16.6. The largest absolute Gasteiger partial charge is 0.462 e. The van der Waals surface area contributed by atoms with Crippen molar-refractivity contribution in [1.29, 1.82) is 0 Å². The minimum absolute atomic E-state index is 0.0957. The molecule has 0 aromatic heterocycles. The van der Waals surface area contributed by atoms with Crippen LogP contribution in [0.2, 0.25) is 0 Å². The number of carbonyl (C=O) groups is 2. The van der Waals surface area contributed by atoms with Gasteiger partial charge < -0.3 is 19.7 Å². The Morgan fingerprint density at radius 2 is 1.13 bits per heavy atom. The van der Waals surface area contributed by atoms with Crippen LogP contribution < -0.4 is 0 Å². The summed E-state index contributed by atoms with van der Waals surface area (Å²) in [6, 6.07) is 0. The first-order valence-electron chi connectivity index (χ1n) is 19.0. The Labute approximate surface area is 283 Å². The molecule has 46 heavy (non-hydrogen) atoms. The lowest BCUT2D eigenvalue weighted by atomic mass is 10.0. The van der Waals surface area contributed by atoms with Crippen LogP contribution in [0.1, 0.15) is 175 Å². The van der Waals surface area contributed by atoms with Crippen molar-refractivity contribution in [1.82, 2.24) is 0 Å². The van der Waals surface area contributed by atoms with Crippen molar-refractivity contribution in [2.24, 2.45) is 5.92 Å². The predicted molar refractivity (Wildman–Crippen MR) is 193 cm³/mol. The summed E-state index contributed by atoms with van der Waals surface area (Å²) < 4.78 is 10.6. The number of unbranched alkanes of at least 4 members (excludes halogenated alkanes) is 16. The Kier molecular flexibility index (Phi) is 33.0. The van der Waals surface area contributed by atoms with Crippen LogP contribution in [0.25, 0.3) is 0 Å². The average Bonchev–Trinajstić information content (AvgIpc) is 3.03. The highest BCUT2D eigenvalue weighted by Crippen LogP contribution is 2.15. The van der Waals surface area contributed by atoms with Gasteiger partial charge in [0.15, 0.2) is 6.10 Å². The van der Waals surface area contributed by atoms with Gasteiger partial charge in [0.1, 0.15) is 6.61 Å². The van der Waals surface area contributed by atoms with Crippen molar-refractivity contribution >= 4 is 11.9 Å². The number of hydrogen-bond donors (Lipinski definition) is 2. The summed E-state index contributed by atoms with van der Waals surface area (Å²) in [6.07, 6.45) is 36.5. The quantitative estimate of drug-likeness (QED) is 0.0318. The van der Waals surface area contributed by atoms with Gasteiger partial charge in [0.2, 0.25) is 0 Å². The number of ether oxygens (including phenoxy) is 2. The molecule has 0 heterocycles. The highest BCUT2D eigenvalue weighted by molar-refractivity contribution is 5.70. The normalized spacial score (nSPS) is 13.3. The maximum atomic E-state index is 12.1. The molecule has 0 aliphatic rings. The van der Waals surface area contributed by atoms with Gasteiger partial charge in [-0.05, 0) is 38.0 Å². The minimum atomic E-state index is -0.807. The summed E-state index contributed by atoms with van der Waals surface area (Å²) in [4.78, 5) is 24.2. The number of allylic oxidation sites excluding steroid dienone is 5. The molecule has 0 amide bonds. The van der Waals surface area contributed by atoms with E-state index in [9.17, 15) is 19.8 Å². The van der Waals surface area contributed by atoms with Crippen LogP contribution in [-0.4, -0.2) is 47.6 Å². The molecule has 268 valence electrons. The van der Waals surface area contributed by atoms with E-state index in [0.717, 1.165) is 76.5 Å². The Bertz CT molecular complexity index is 772. The summed E-state index contributed by atoms with van der Waals surface area (Å²) >= 11 is 0. The molecule has 6 heteroatoms. The Morgan fingerprint density at radius 1 is 0.630 bits per heavy atom. The molecular weight excluding hydrogens is 576 g/mol. The maximum Gasteiger partial charge on any atom is 0.306 e. The number of rotatable bonds is 33. The maximum absolute atomic E-state index is 12.1. The lowest BCUT2D eigenvalue weighted by Gasteiger charge is -2.15. The lowest BCUT2D eigenvalue weighted by molar-refractivity contribution is -0.161. The molecule has 0 saturated heterocycles. The topological polar surface area (TPSA) is 93.1 Å². The van der Waals surface area contributed by atoms with E-state index in [2.05, 4.69) is 39.0 Å². The molecule has 0 saturated carbocycles. The first-order valence-corrected chi connectivity index (χ1v) is 19.0. The fourth-order valence-corrected chi connectivity index (χ4v) is 5.33. The lowest BCUT2D eigenvalue weighted by Crippen LogP contribution is -2.28. The van der Waals surface area contributed by atoms with E-state index in [0.29, 0.717) is 6.42 Å². The summed E-state index contributed by atoms with van der Waals surface area (Å²) in [5, 5.41) is 19.6. The number of carbonyl (C=O) groups excluding carboxylic acids is 2. The van der Waals surface area contributed by atoms with E-state index in [1.54, 1.807) is 0 Å². The van der Waals surface area contributed by atoms with Gasteiger partial charge in [-0.25, -0.2) is 0 Å². The average molecular weight is 649 g/mol. The van der Waals surface area contributed by atoms with E-state index >= 15 is 0 Å². The molecule has 1 unspecified atom stereocenters. The second kappa shape index (κ2) is 34.4. The van der Waals surface area contributed by atoms with Crippen molar-refractivity contribution in [2.45, 2.75) is 187 Å². The summed E-state index contributed by atoms with van der Waals surface area (Å²) in [6.45, 7) is 6.27. The zero-order valence-electron chi connectivity index (χ0n) is 30.1. The molecule has 0 aromatic rings. The molecule has 0 aliphatic carbocycles. The van der Waals surface area contributed by atoms with Gasteiger partial charge in [-0.15, -0.1) is 0 Å². The molecule has 0 aliphatic heterocycles. The third-order valence-electron chi connectivity index (χ3n) is 8.23. The highest BCUT2D eigenvalue weighted by Gasteiger charge is 2.16. The molecule has 2 N–H and O–H groups in total. The van der Waals surface area contributed by atoms with E-state index in [-0.39, 0.29) is 31.6 Å². The first-order chi connectivity index (χ1) is 22.4. The predicted octanol–water partition coefficient (Wildman–Crippen LogP) is 10.5. The Morgan fingerprint density at radius 3 is 1.65 bits per heavy atom. The molecule has 0 radical (unpaired) electrons. The summed E-state index contributed by atoms with van der Waals surface area (Å²) in [7, 11) is 0. The van der Waals surface area contributed by atoms with Gasteiger partial charge in [-0.1, -0.05) is 166 Å². The standard InChI is InChI=1S/C40H72O6/c1-4-5-6-7-15-20-25-30-37(42)31-26-21-18-23-28-33-40(44)46-38(34-41)35-45-39(43)32-27-22-17-14-12-10-8-9-11-13-16-19-24-29-36(2)3/h5-6,15,20,25,30,36-38,41-42H,4,7-14,16-19,21-24,26-29,31-35H2,1-3H3/b6-5+,20-15+,30-25+/t37?,38-/m0/s1. The molecule has 0 bridgehead atoms. The summed E-state index contributed by atoms with van der Waals surface area (Å²) in [5.74, 6) is 0.174. The van der Waals surface area contributed by atoms with E-state index in [1.807, 2.05) is 18.2 Å². The van der Waals surface area contributed by atoms with Crippen LogP contribution in [0, 0.1) is 5.92 Å². The molecule has 6 nitrogen and oxygen atoms in total. The van der Waals surface area contributed by atoms with Gasteiger partial charge in [0, 0.05) is 12.8 Å². The van der Waals surface area contributed by atoms with Crippen LogP contribution in [-0.2, 0) is 19.1 Å². The zero-order valence-corrected chi connectivity index (χ0v) is 30.1. The van der Waals surface area contributed by atoms with Crippen LogP contribution in [0.3, 0.4) is 0 Å². The van der Waals surface area contributed by atoms with Crippen molar-refractivity contribution < 1.29 is 29.3 Å². The van der Waals surface area contributed by atoms with E-state index < -0.39 is 12.2 Å². The van der Waals surface area contributed by atoms with E-state index in [4.69, 9.17) is 9.47 Å². The van der Waals surface area contributed by atoms with Crippen LogP contribution >= 0.6 is 0 Å². The second-order valence-electron chi connectivity index (χ2n) is 13.3. The molecule has 0 fully saturated rings. The van der Waals surface area contributed by atoms with Gasteiger partial charge >= 0.3 is 11.9 Å². The van der Waals surface area contributed by atoms with Gasteiger partial charge in [-0.2, -0.15) is 0 Å². The second-order valence-corrected chi connectivity index (χ2v) is 13.3. The van der Waals surface area contributed by atoms with Gasteiger partial charge in [0.25, 0.3) is 0 Å². The Hall–Kier alpha value is -1.92. The zero-order chi connectivity index (χ0) is 33.9. The minimum Gasteiger partial charge on any atom is -0.462 e. The molecule has 0 spiro atoms. The van der Waals surface area contributed by atoms with E-state index in [1.165, 1.54) is 70.6 Å². The van der Waals surface area contributed by atoms with Crippen molar-refractivity contribution in [2.75, 3.05) is 13.2 Å². The number of aliphatic hydroxyl groups is 2. The van der Waals surface area contributed by atoms with Crippen molar-refractivity contribution in [3.63, 3.8) is 0 Å². The Balaban J connectivity index is 3.64. The fourth-order valence-electron chi connectivity index (χ4n) is 5.33. The van der Waals surface area contributed by atoms with Crippen molar-refractivity contribution in [3.8, 4) is 0 Å². The third kappa shape index (κ3) is 33.4. The number of aliphatic hydroxyl groups excluding tert-OH is 2. The number of hydrogen-bond acceptors (Lipinski definition) is 6. The van der Waals surface area contributed by atoms with Crippen LogP contribution in [0.5, 0.6) is 0 Å². The SMILES string of the molecule is CC/C=C/C/C=C/C=C/C(O)CCCCCCCC(=O)O[C@@H](CO)COC(=O)CCCCCCCCCCCCCCCC(C)C. The fraction of sp³-hybridized carbons (Fsp3) is 0.800. The third-order valence-corrected chi connectivity index (χ3v) is 8.23.